The number of aromatic nitrogens is 1. The van der Waals surface area contributed by atoms with E-state index in [4.69, 9.17) is 0 Å². The van der Waals surface area contributed by atoms with Gasteiger partial charge in [-0.15, -0.1) is 11.3 Å². The summed E-state index contributed by atoms with van der Waals surface area (Å²) in [6, 6.07) is 9.34. The first-order valence-corrected chi connectivity index (χ1v) is 7.80. The molecule has 0 amide bonds. The van der Waals surface area contributed by atoms with Crippen LogP contribution >= 0.6 is 11.3 Å². The summed E-state index contributed by atoms with van der Waals surface area (Å²) in [5, 5.41) is 6.79. The highest BCUT2D eigenvalue weighted by atomic mass is 32.1. The van der Waals surface area contributed by atoms with Crippen LogP contribution in [0.2, 0.25) is 0 Å². The fourth-order valence-corrected chi connectivity index (χ4v) is 2.86. The van der Waals surface area contributed by atoms with Gasteiger partial charge in [0.1, 0.15) is 0 Å². The molecule has 1 aromatic heterocycles. The number of nitrogens with zero attached hydrogens (tertiary/aromatic N) is 1. The van der Waals surface area contributed by atoms with Crippen molar-refractivity contribution in [2.75, 3.05) is 6.54 Å². The Bertz CT molecular complexity index is 474. The fourth-order valence-electron chi connectivity index (χ4n) is 2.20. The van der Waals surface area contributed by atoms with E-state index in [-0.39, 0.29) is 0 Å². The Morgan fingerprint density at radius 2 is 1.84 bits per heavy atom. The maximum atomic E-state index is 4.39. The Hall–Kier alpha value is -1.19. The lowest BCUT2D eigenvalue weighted by molar-refractivity contribution is 0.548. The van der Waals surface area contributed by atoms with Crippen LogP contribution in [0.1, 0.15) is 48.9 Å². The number of likely N-dealkylation sites (N-methyl/N-ethyl adjacent to an activating group) is 1. The summed E-state index contributed by atoms with van der Waals surface area (Å²) in [6.07, 6.45) is 2.84. The second kappa shape index (κ2) is 6.83. The molecule has 1 heterocycles. The number of thiazole rings is 1. The van der Waals surface area contributed by atoms with Crippen LogP contribution in [0.15, 0.2) is 35.8 Å². The molecule has 1 unspecified atom stereocenters. The lowest BCUT2D eigenvalue weighted by Gasteiger charge is -2.18. The molecular formula is C16H22N2S. The molecule has 2 aromatic rings. The lowest BCUT2D eigenvalue weighted by atomic mass is 9.98. The third-order valence-electron chi connectivity index (χ3n) is 3.32. The molecule has 19 heavy (non-hydrogen) atoms. The average molecular weight is 274 g/mol. The Kier molecular flexibility index (Phi) is 5.11. The Balaban J connectivity index is 2.13. The predicted octanol–water partition coefficient (Wildman–Crippen LogP) is 4.16. The summed E-state index contributed by atoms with van der Waals surface area (Å²) in [6.45, 7) is 7.58. The molecule has 0 aliphatic rings. The summed E-state index contributed by atoms with van der Waals surface area (Å²) in [5.74, 6) is 0.589. The molecule has 1 aromatic carbocycles. The normalized spacial score (nSPS) is 12.8. The highest BCUT2D eigenvalue weighted by molar-refractivity contribution is 7.09. The molecule has 2 nitrogen and oxygen atoms in total. The van der Waals surface area contributed by atoms with Gasteiger partial charge in [-0.1, -0.05) is 45.0 Å². The van der Waals surface area contributed by atoms with E-state index in [0.717, 1.165) is 13.0 Å². The van der Waals surface area contributed by atoms with Gasteiger partial charge in [-0.25, -0.2) is 4.98 Å². The van der Waals surface area contributed by atoms with Crippen LogP contribution in [0.3, 0.4) is 0 Å². The second-order valence-corrected chi connectivity index (χ2v) is 6.04. The van der Waals surface area contributed by atoms with Crippen LogP contribution in [0, 0.1) is 0 Å². The molecule has 0 spiro atoms. The number of nitrogens with one attached hydrogen (secondary N) is 1. The van der Waals surface area contributed by atoms with Crippen LogP contribution < -0.4 is 5.32 Å². The average Bonchev–Trinajstić information content (AvgIpc) is 2.91. The molecule has 1 N–H and O–H groups in total. The van der Waals surface area contributed by atoms with Gasteiger partial charge in [-0.2, -0.15) is 0 Å². The third kappa shape index (κ3) is 3.88. The Labute approximate surface area is 119 Å². The maximum absolute atomic E-state index is 4.39. The number of benzene rings is 1. The largest absolute Gasteiger partial charge is 0.310 e. The summed E-state index contributed by atoms with van der Waals surface area (Å²) < 4.78 is 0. The molecule has 0 aliphatic heterocycles. The number of hydrogen-bond acceptors (Lipinski definition) is 3. The molecular weight excluding hydrogens is 252 g/mol. The van der Waals surface area contributed by atoms with Crippen LogP contribution in [-0.4, -0.2) is 11.5 Å². The van der Waals surface area contributed by atoms with E-state index in [1.54, 1.807) is 11.3 Å². The number of hydrogen-bond donors (Lipinski definition) is 1. The van der Waals surface area contributed by atoms with Gasteiger partial charge in [0, 0.05) is 24.0 Å². The molecule has 0 saturated heterocycles. The predicted molar refractivity (Wildman–Crippen MR) is 82.8 cm³/mol. The monoisotopic (exact) mass is 274 g/mol. The van der Waals surface area contributed by atoms with Crippen molar-refractivity contribution >= 4 is 11.3 Å². The molecule has 0 saturated carbocycles. The van der Waals surface area contributed by atoms with Crippen molar-refractivity contribution in [3.05, 3.63) is 52.0 Å². The topological polar surface area (TPSA) is 24.9 Å². The van der Waals surface area contributed by atoms with Gasteiger partial charge < -0.3 is 5.32 Å². The third-order valence-corrected chi connectivity index (χ3v) is 4.12. The van der Waals surface area contributed by atoms with Gasteiger partial charge in [-0.05, 0) is 23.6 Å². The summed E-state index contributed by atoms with van der Waals surface area (Å²) in [5.41, 5.74) is 2.75. The molecule has 3 heteroatoms. The van der Waals surface area contributed by atoms with E-state index in [2.05, 4.69) is 55.3 Å². The van der Waals surface area contributed by atoms with E-state index >= 15 is 0 Å². The van der Waals surface area contributed by atoms with E-state index < -0.39 is 0 Å². The summed E-state index contributed by atoms with van der Waals surface area (Å²) >= 11 is 1.73. The zero-order chi connectivity index (χ0) is 13.7. The van der Waals surface area contributed by atoms with E-state index in [1.165, 1.54) is 16.1 Å². The molecule has 102 valence electrons. The molecule has 0 radical (unpaired) electrons. The van der Waals surface area contributed by atoms with E-state index in [9.17, 15) is 0 Å². The van der Waals surface area contributed by atoms with Crippen molar-refractivity contribution < 1.29 is 0 Å². The summed E-state index contributed by atoms with van der Waals surface area (Å²) in [7, 11) is 0. The van der Waals surface area contributed by atoms with E-state index in [1.807, 2.05) is 11.6 Å². The minimum atomic E-state index is 0.359. The van der Waals surface area contributed by atoms with Crippen LogP contribution in [0.5, 0.6) is 0 Å². The fraction of sp³-hybridized carbons (Fsp3) is 0.438. The zero-order valence-electron chi connectivity index (χ0n) is 11.9. The van der Waals surface area contributed by atoms with Crippen molar-refractivity contribution in [3.63, 3.8) is 0 Å². The number of rotatable bonds is 6. The lowest BCUT2D eigenvalue weighted by Crippen LogP contribution is -2.22. The first-order chi connectivity index (χ1) is 9.20. The first-order valence-electron chi connectivity index (χ1n) is 6.92. The van der Waals surface area contributed by atoms with Crippen molar-refractivity contribution in [3.8, 4) is 0 Å². The van der Waals surface area contributed by atoms with Crippen molar-refractivity contribution in [1.29, 1.82) is 0 Å². The molecule has 1 atom stereocenters. The first kappa shape index (κ1) is 14.2. The quantitative estimate of drug-likeness (QED) is 0.855. The smallest absolute Gasteiger partial charge is 0.0943 e. The van der Waals surface area contributed by atoms with Crippen molar-refractivity contribution in [2.45, 2.75) is 39.2 Å². The van der Waals surface area contributed by atoms with Gasteiger partial charge in [0.25, 0.3) is 0 Å². The molecule has 0 fully saturated rings. The zero-order valence-corrected chi connectivity index (χ0v) is 12.7. The Morgan fingerprint density at radius 1 is 1.16 bits per heavy atom. The van der Waals surface area contributed by atoms with Crippen LogP contribution in [0.25, 0.3) is 0 Å². The maximum Gasteiger partial charge on any atom is 0.0943 e. The van der Waals surface area contributed by atoms with Gasteiger partial charge in [0.15, 0.2) is 0 Å². The SMILES string of the molecule is CCNC(Cc1nccs1)c1ccc(C(C)C)cc1. The van der Waals surface area contributed by atoms with Crippen LogP contribution in [0.4, 0.5) is 0 Å². The molecule has 2 rings (SSSR count). The molecule has 0 aliphatic carbocycles. The van der Waals surface area contributed by atoms with Gasteiger partial charge in [0.2, 0.25) is 0 Å². The Morgan fingerprint density at radius 3 is 2.37 bits per heavy atom. The van der Waals surface area contributed by atoms with Gasteiger partial charge >= 0.3 is 0 Å². The summed E-state index contributed by atoms with van der Waals surface area (Å²) in [4.78, 5) is 4.39. The standard InChI is InChI=1S/C16H22N2S/c1-4-17-15(11-16-18-9-10-19-16)14-7-5-13(6-8-14)12(2)3/h5-10,12,15,17H,4,11H2,1-3H3. The highest BCUT2D eigenvalue weighted by Gasteiger charge is 2.12. The van der Waals surface area contributed by atoms with Crippen molar-refractivity contribution in [2.24, 2.45) is 0 Å². The van der Waals surface area contributed by atoms with Crippen molar-refractivity contribution in [1.82, 2.24) is 10.3 Å². The minimum Gasteiger partial charge on any atom is -0.310 e. The van der Waals surface area contributed by atoms with Gasteiger partial charge in [0.05, 0.1) is 5.01 Å². The van der Waals surface area contributed by atoms with E-state index in [0.29, 0.717) is 12.0 Å². The molecule has 0 bridgehead atoms. The van der Waals surface area contributed by atoms with Crippen LogP contribution in [-0.2, 0) is 6.42 Å². The highest BCUT2D eigenvalue weighted by Crippen LogP contribution is 2.22. The van der Waals surface area contributed by atoms with Gasteiger partial charge in [-0.3, -0.25) is 0 Å². The minimum absolute atomic E-state index is 0.359. The second-order valence-electron chi connectivity index (χ2n) is 5.06.